The Labute approximate surface area is 96.6 Å². The van der Waals surface area contributed by atoms with Gasteiger partial charge in [-0.05, 0) is 42.5 Å². The highest BCUT2D eigenvalue weighted by Gasteiger charge is 2.31. The SMILES string of the molecule is CC1CS(=O)(=O)c2cc(CCCN)ccc21. The highest BCUT2D eigenvalue weighted by atomic mass is 32.2. The minimum Gasteiger partial charge on any atom is -0.330 e. The number of rotatable bonds is 3. The van der Waals surface area contributed by atoms with Gasteiger partial charge in [-0.1, -0.05) is 19.1 Å². The normalized spacial score (nSPS) is 22.0. The highest BCUT2D eigenvalue weighted by molar-refractivity contribution is 7.91. The number of aryl methyl sites for hydroxylation is 1. The Morgan fingerprint density at radius 1 is 1.44 bits per heavy atom. The second-order valence-corrected chi connectivity index (χ2v) is 6.45. The maximum absolute atomic E-state index is 11.9. The van der Waals surface area contributed by atoms with Crippen LogP contribution in [0.2, 0.25) is 0 Å². The van der Waals surface area contributed by atoms with Gasteiger partial charge in [-0.25, -0.2) is 8.42 Å². The predicted octanol–water partition coefficient (Wildman–Crippen LogP) is 1.47. The van der Waals surface area contributed by atoms with Crippen molar-refractivity contribution in [2.75, 3.05) is 12.3 Å². The molecule has 0 aliphatic carbocycles. The largest absolute Gasteiger partial charge is 0.330 e. The molecule has 2 rings (SSSR count). The van der Waals surface area contributed by atoms with E-state index in [0.717, 1.165) is 24.0 Å². The van der Waals surface area contributed by atoms with E-state index in [0.29, 0.717) is 11.4 Å². The third-order valence-electron chi connectivity index (χ3n) is 3.08. The molecule has 1 atom stereocenters. The van der Waals surface area contributed by atoms with E-state index >= 15 is 0 Å². The van der Waals surface area contributed by atoms with E-state index in [1.807, 2.05) is 25.1 Å². The molecular formula is C12H17NO2S. The molecule has 1 aromatic carbocycles. The first-order valence-corrected chi connectivity index (χ1v) is 7.25. The lowest BCUT2D eigenvalue weighted by atomic mass is 10.0. The molecule has 0 bridgehead atoms. The molecular weight excluding hydrogens is 222 g/mol. The van der Waals surface area contributed by atoms with Crippen LogP contribution in [0.3, 0.4) is 0 Å². The smallest absolute Gasteiger partial charge is 0.179 e. The lowest BCUT2D eigenvalue weighted by Crippen LogP contribution is -2.02. The second kappa shape index (κ2) is 4.18. The summed E-state index contributed by atoms with van der Waals surface area (Å²) in [6, 6.07) is 5.80. The summed E-state index contributed by atoms with van der Waals surface area (Å²) in [5.74, 6) is 0.381. The van der Waals surface area contributed by atoms with E-state index in [-0.39, 0.29) is 11.7 Å². The van der Waals surface area contributed by atoms with Crippen molar-refractivity contribution in [1.82, 2.24) is 0 Å². The molecule has 88 valence electrons. The van der Waals surface area contributed by atoms with Gasteiger partial charge in [-0.2, -0.15) is 0 Å². The van der Waals surface area contributed by atoms with Gasteiger partial charge in [-0.3, -0.25) is 0 Å². The predicted molar refractivity (Wildman–Crippen MR) is 64.3 cm³/mol. The fourth-order valence-corrected chi connectivity index (χ4v) is 4.20. The molecule has 0 saturated carbocycles. The lowest BCUT2D eigenvalue weighted by molar-refractivity contribution is 0.598. The molecule has 0 fully saturated rings. The second-order valence-electron chi connectivity index (χ2n) is 4.45. The van der Waals surface area contributed by atoms with E-state index in [9.17, 15) is 8.42 Å². The first kappa shape index (κ1) is 11.6. The van der Waals surface area contributed by atoms with Crippen molar-refractivity contribution >= 4 is 9.84 Å². The zero-order valence-electron chi connectivity index (χ0n) is 9.44. The van der Waals surface area contributed by atoms with E-state index in [2.05, 4.69) is 0 Å². The van der Waals surface area contributed by atoms with Gasteiger partial charge in [0, 0.05) is 0 Å². The Balaban J connectivity index is 2.39. The maximum atomic E-state index is 11.9. The number of fused-ring (bicyclic) bond motifs is 1. The minimum absolute atomic E-state index is 0.128. The van der Waals surface area contributed by atoms with Crippen molar-refractivity contribution < 1.29 is 8.42 Å². The van der Waals surface area contributed by atoms with Crippen LogP contribution < -0.4 is 5.73 Å². The van der Waals surface area contributed by atoms with Gasteiger partial charge < -0.3 is 5.73 Å². The minimum atomic E-state index is -3.03. The highest BCUT2D eigenvalue weighted by Crippen LogP contribution is 2.35. The summed E-state index contributed by atoms with van der Waals surface area (Å²) >= 11 is 0. The van der Waals surface area contributed by atoms with Crippen LogP contribution in [0.15, 0.2) is 23.1 Å². The van der Waals surface area contributed by atoms with Gasteiger partial charge >= 0.3 is 0 Å². The van der Waals surface area contributed by atoms with E-state index in [1.165, 1.54) is 0 Å². The molecule has 0 spiro atoms. The third kappa shape index (κ3) is 1.99. The summed E-state index contributed by atoms with van der Waals surface area (Å²) in [5.41, 5.74) is 7.49. The first-order valence-electron chi connectivity index (χ1n) is 5.60. The van der Waals surface area contributed by atoms with Crippen molar-refractivity contribution in [3.63, 3.8) is 0 Å². The molecule has 0 saturated heterocycles. The third-order valence-corrected chi connectivity index (χ3v) is 5.05. The maximum Gasteiger partial charge on any atom is 0.179 e. The number of benzene rings is 1. The molecule has 0 radical (unpaired) electrons. The summed E-state index contributed by atoms with van der Waals surface area (Å²) in [6.07, 6.45) is 1.75. The van der Waals surface area contributed by atoms with Gasteiger partial charge in [0.15, 0.2) is 9.84 Å². The van der Waals surface area contributed by atoms with Crippen molar-refractivity contribution in [3.05, 3.63) is 29.3 Å². The summed E-state index contributed by atoms with van der Waals surface area (Å²) < 4.78 is 23.7. The van der Waals surface area contributed by atoms with Gasteiger partial charge in [0.2, 0.25) is 0 Å². The number of hydrogen-bond acceptors (Lipinski definition) is 3. The summed E-state index contributed by atoms with van der Waals surface area (Å²) in [5, 5.41) is 0. The first-order chi connectivity index (χ1) is 7.54. The van der Waals surface area contributed by atoms with Crippen LogP contribution in [0, 0.1) is 0 Å². The van der Waals surface area contributed by atoms with Crippen LogP contribution >= 0.6 is 0 Å². The molecule has 0 aromatic heterocycles. The van der Waals surface area contributed by atoms with Gasteiger partial charge in [0.1, 0.15) is 0 Å². The van der Waals surface area contributed by atoms with Crippen LogP contribution in [0.25, 0.3) is 0 Å². The van der Waals surface area contributed by atoms with E-state index < -0.39 is 9.84 Å². The molecule has 4 heteroatoms. The molecule has 1 aromatic rings. The fraction of sp³-hybridized carbons (Fsp3) is 0.500. The molecule has 1 heterocycles. The molecule has 2 N–H and O–H groups in total. The summed E-state index contributed by atoms with van der Waals surface area (Å²) in [6.45, 7) is 2.60. The van der Waals surface area contributed by atoms with Crippen LogP contribution in [0.4, 0.5) is 0 Å². The van der Waals surface area contributed by atoms with E-state index in [4.69, 9.17) is 5.73 Å². The van der Waals surface area contributed by atoms with E-state index in [1.54, 1.807) is 0 Å². The van der Waals surface area contributed by atoms with Gasteiger partial charge in [0.25, 0.3) is 0 Å². The summed E-state index contributed by atoms with van der Waals surface area (Å²) in [7, 11) is -3.03. The lowest BCUT2D eigenvalue weighted by Gasteiger charge is -2.05. The van der Waals surface area contributed by atoms with Crippen LogP contribution in [0.1, 0.15) is 30.4 Å². The van der Waals surface area contributed by atoms with Gasteiger partial charge in [0.05, 0.1) is 10.6 Å². The topological polar surface area (TPSA) is 60.2 Å². The monoisotopic (exact) mass is 239 g/mol. The van der Waals surface area contributed by atoms with Crippen LogP contribution in [-0.4, -0.2) is 20.7 Å². The Morgan fingerprint density at radius 3 is 2.88 bits per heavy atom. The van der Waals surface area contributed by atoms with Crippen molar-refractivity contribution in [2.45, 2.75) is 30.6 Å². The molecule has 16 heavy (non-hydrogen) atoms. The summed E-state index contributed by atoms with van der Waals surface area (Å²) in [4.78, 5) is 0.537. The average molecular weight is 239 g/mol. The Kier molecular flexibility index (Phi) is 3.04. The fourth-order valence-electron chi connectivity index (χ4n) is 2.23. The molecule has 1 unspecified atom stereocenters. The van der Waals surface area contributed by atoms with Crippen molar-refractivity contribution in [2.24, 2.45) is 5.73 Å². The Morgan fingerprint density at radius 2 is 2.19 bits per heavy atom. The molecule has 1 aliphatic heterocycles. The number of hydrogen-bond donors (Lipinski definition) is 1. The Bertz CT molecular complexity index is 494. The van der Waals surface area contributed by atoms with Crippen molar-refractivity contribution in [1.29, 1.82) is 0 Å². The number of nitrogens with two attached hydrogens (primary N) is 1. The molecule has 0 amide bonds. The molecule has 1 aliphatic rings. The standard InChI is InChI=1S/C12H17NO2S/c1-9-8-16(14,15)12-7-10(3-2-6-13)4-5-11(9)12/h4-5,7,9H,2-3,6,8,13H2,1H3. The quantitative estimate of drug-likeness (QED) is 0.869. The Hall–Kier alpha value is -0.870. The van der Waals surface area contributed by atoms with Crippen molar-refractivity contribution in [3.8, 4) is 0 Å². The van der Waals surface area contributed by atoms with Gasteiger partial charge in [-0.15, -0.1) is 0 Å². The number of sulfone groups is 1. The molecule has 3 nitrogen and oxygen atoms in total. The van der Waals surface area contributed by atoms with Crippen LogP contribution in [-0.2, 0) is 16.3 Å². The zero-order valence-corrected chi connectivity index (χ0v) is 10.3. The van der Waals surface area contributed by atoms with Crippen LogP contribution in [0.5, 0.6) is 0 Å². The average Bonchev–Trinajstić information content (AvgIpc) is 2.47. The zero-order chi connectivity index (χ0) is 11.8.